The molecular weight excluding hydrogens is 378 g/mol. The topological polar surface area (TPSA) is 49.4 Å². The zero-order chi connectivity index (χ0) is 19.1. The fraction of sp³-hybridized carbons (Fsp3) is 0.263. The Morgan fingerprint density at radius 3 is 2.54 bits per heavy atom. The Morgan fingerprint density at radius 1 is 1.12 bits per heavy atom. The molecule has 0 heterocycles. The van der Waals surface area contributed by atoms with Crippen LogP contribution in [0.1, 0.15) is 18.9 Å². The Hall–Kier alpha value is -2.11. The Morgan fingerprint density at radius 2 is 1.85 bits per heavy atom. The Bertz CT molecular complexity index is 799. The first-order valence-electron chi connectivity index (χ1n) is 8.10. The van der Waals surface area contributed by atoms with Crippen molar-refractivity contribution in [3.05, 3.63) is 63.9 Å². The molecule has 0 unspecified atom stereocenters. The van der Waals surface area contributed by atoms with Crippen molar-refractivity contribution in [1.29, 1.82) is 0 Å². The van der Waals surface area contributed by atoms with Crippen molar-refractivity contribution in [1.82, 2.24) is 4.90 Å². The van der Waals surface area contributed by atoms with Crippen LogP contribution in [-0.4, -0.2) is 29.8 Å². The molecule has 0 bridgehead atoms. The van der Waals surface area contributed by atoms with Gasteiger partial charge in [-0.2, -0.15) is 0 Å². The van der Waals surface area contributed by atoms with Crippen LogP contribution in [0, 0.1) is 5.82 Å². The van der Waals surface area contributed by atoms with E-state index < -0.39 is 0 Å². The van der Waals surface area contributed by atoms with Crippen LogP contribution in [-0.2, 0) is 16.0 Å². The van der Waals surface area contributed by atoms with Gasteiger partial charge >= 0.3 is 0 Å². The summed E-state index contributed by atoms with van der Waals surface area (Å²) in [4.78, 5) is 25.4. The van der Waals surface area contributed by atoms with Crippen molar-refractivity contribution in [2.75, 3.05) is 18.4 Å². The molecule has 2 amide bonds. The van der Waals surface area contributed by atoms with Gasteiger partial charge in [-0.1, -0.05) is 41.4 Å². The highest BCUT2D eigenvalue weighted by atomic mass is 35.5. The van der Waals surface area contributed by atoms with Gasteiger partial charge in [-0.3, -0.25) is 9.59 Å². The molecular formula is C19H19Cl2FN2O2. The van der Waals surface area contributed by atoms with E-state index in [2.05, 4.69) is 5.32 Å². The maximum Gasteiger partial charge on any atom is 0.226 e. The highest BCUT2D eigenvalue weighted by Gasteiger charge is 2.13. The number of halogens is 3. The van der Waals surface area contributed by atoms with Crippen molar-refractivity contribution >= 4 is 40.7 Å². The van der Waals surface area contributed by atoms with E-state index in [0.717, 1.165) is 0 Å². The first-order chi connectivity index (χ1) is 12.4. The summed E-state index contributed by atoms with van der Waals surface area (Å²) < 4.78 is 13.7. The standard InChI is InChI=1S/C19H19Cl2FN2O2/c1-13(25)24(10-8-14-4-2-3-5-17(14)22)11-9-19(26)23-18-12-15(20)6-7-16(18)21/h2-7,12H,8-11H2,1H3,(H,23,26). The molecule has 2 rings (SSSR count). The second kappa shape index (κ2) is 9.55. The summed E-state index contributed by atoms with van der Waals surface area (Å²) in [6.45, 7) is 1.99. The quantitative estimate of drug-likeness (QED) is 0.745. The Kier molecular flexibility index (Phi) is 7.42. The molecule has 0 aromatic heterocycles. The molecule has 0 aliphatic rings. The predicted molar refractivity (Wildman–Crippen MR) is 102 cm³/mol. The van der Waals surface area contributed by atoms with Gasteiger partial charge in [0.25, 0.3) is 0 Å². The lowest BCUT2D eigenvalue weighted by Crippen LogP contribution is -2.33. The van der Waals surface area contributed by atoms with Gasteiger partial charge in [-0.25, -0.2) is 4.39 Å². The van der Waals surface area contributed by atoms with Crippen LogP contribution < -0.4 is 5.32 Å². The van der Waals surface area contributed by atoms with Gasteiger partial charge in [0, 0.05) is 31.5 Å². The number of nitrogens with one attached hydrogen (secondary N) is 1. The van der Waals surface area contributed by atoms with E-state index >= 15 is 0 Å². The number of anilines is 1. The number of nitrogens with zero attached hydrogens (tertiary/aromatic N) is 1. The van der Waals surface area contributed by atoms with E-state index in [1.807, 2.05) is 0 Å². The maximum atomic E-state index is 13.7. The molecule has 0 radical (unpaired) electrons. The average Bonchev–Trinajstić information content (AvgIpc) is 2.59. The van der Waals surface area contributed by atoms with Crippen LogP contribution in [0.3, 0.4) is 0 Å². The van der Waals surface area contributed by atoms with Crippen LogP contribution in [0.25, 0.3) is 0 Å². The molecule has 138 valence electrons. The molecule has 1 N–H and O–H groups in total. The lowest BCUT2D eigenvalue weighted by molar-refractivity contribution is -0.129. The SMILES string of the molecule is CC(=O)N(CCC(=O)Nc1cc(Cl)ccc1Cl)CCc1ccccc1F. The van der Waals surface area contributed by atoms with Gasteiger partial charge < -0.3 is 10.2 Å². The molecule has 0 atom stereocenters. The first kappa shape index (κ1) is 20.2. The predicted octanol–water partition coefficient (Wildman–Crippen LogP) is 4.55. The summed E-state index contributed by atoms with van der Waals surface area (Å²) >= 11 is 11.9. The second-order valence-electron chi connectivity index (χ2n) is 5.77. The fourth-order valence-electron chi connectivity index (χ4n) is 2.43. The third-order valence-electron chi connectivity index (χ3n) is 3.87. The Balaban J connectivity index is 1.89. The minimum atomic E-state index is -0.302. The second-order valence-corrected chi connectivity index (χ2v) is 6.61. The zero-order valence-corrected chi connectivity index (χ0v) is 15.8. The minimum absolute atomic E-state index is 0.0969. The molecule has 0 aliphatic carbocycles. The highest BCUT2D eigenvalue weighted by Crippen LogP contribution is 2.25. The van der Waals surface area contributed by atoms with E-state index in [9.17, 15) is 14.0 Å². The molecule has 0 aliphatic heterocycles. The number of hydrogen-bond donors (Lipinski definition) is 1. The van der Waals surface area contributed by atoms with Crippen molar-refractivity contribution in [3.8, 4) is 0 Å². The smallest absolute Gasteiger partial charge is 0.226 e. The molecule has 0 saturated carbocycles. The van der Waals surface area contributed by atoms with E-state index in [1.165, 1.54) is 17.9 Å². The lowest BCUT2D eigenvalue weighted by Gasteiger charge is -2.21. The third-order valence-corrected chi connectivity index (χ3v) is 4.43. The van der Waals surface area contributed by atoms with E-state index in [4.69, 9.17) is 23.2 Å². The summed E-state index contributed by atoms with van der Waals surface area (Å²) in [6.07, 6.45) is 0.480. The largest absolute Gasteiger partial charge is 0.342 e. The molecule has 0 saturated heterocycles. The average molecular weight is 397 g/mol. The van der Waals surface area contributed by atoms with Gasteiger partial charge in [-0.15, -0.1) is 0 Å². The van der Waals surface area contributed by atoms with Gasteiger partial charge in [0.15, 0.2) is 0 Å². The summed E-state index contributed by atoms with van der Waals surface area (Å²) in [6, 6.07) is 11.2. The maximum absolute atomic E-state index is 13.7. The first-order valence-corrected chi connectivity index (χ1v) is 8.86. The number of benzene rings is 2. The summed E-state index contributed by atoms with van der Waals surface area (Å²) in [5.74, 6) is -0.759. The summed E-state index contributed by atoms with van der Waals surface area (Å²) in [5, 5.41) is 3.51. The van der Waals surface area contributed by atoms with Gasteiger partial charge in [0.05, 0.1) is 10.7 Å². The van der Waals surface area contributed by atoms with Crippen LogP contribution in [0.4, 0.5) is 10.1 Å². The Labute approximate surface area is 161 Å². The minimum Gasteiger partial charge on any atom is -0.342 e. The molecule has 26 heavy (non-hydrogen) atoms. The number of hydrogen-bond acceptors (Lipinski definition) is 2. The van der Waals surface area contributed by atoms with Gasteiger partial charge in [0.2, 0.25) is 11.8 Å². The van der Waals surface area contributed by atoms with E-state index in [-0.39, 0.29) is 30.6 Å². The summed E-state index contributed by atoms with van der Waals surface area (Å²) in [5.41, 5.74) is 0.957. The highest BCUT2D eigenvalue weighted by molar-refractivity contribution is 6.35. The van der Waals surface area contributed by atoms with Crippen molar-refractivity contribution in [3.63, 3.8) is 0 Å². The molecule has 2 aromatic rings. The number of carbonyl (C=O) groups is 2. The lowest BCUT2D eigenvalue weighted by atomic mass is 10.1. The number of amides is 2. The van der Waals surface area contributed by atoms with Crippen LogP contribution >= 0.6 is 23.2 Å². The van der Waals surface area contributed by atoms with Crippen LogP contribution in [0.15, 0.2) is 42.5 Å². The molecule has 0 fully saturated rings. The molecule has 2 aromatic carbocycles. The number of rotatable bonds is 7. The van der Waals surface area contributed by atoms with Crippen molar-refractivity contribution in [2.24, 2.45) is 0 Å². The van der Waals surface area contributed by atoms with E-state index in [0.29, 0.717) is 34.3 Å². The summed E-state index contributed by atoms with van der Waals surface area (Å²) in [7, 11) is 0. The van der Waals surface area contributed by atoms with Gasteiger partial charge in [-0.05, 0) is 36.2 Å². The normalized spacial score (nSPS) is 10.5. The molecule has 7 heteroatoms. The van der Waals surface area contributed by atoms with E-state index in [1.54, 1.807) is 36.4 Å². The van der Waals surface area contributed by atoms with Crippen LogP contribution in [0.5, 0.6) is 0 Å². The van der Waals surface area contributed by atoms with Crippen LogP contribution in [0.2, 0.25) is 10.0 Å². The number of carbonyl (C=O) groups excluding carboxylic acids is 2. The molecule has 0 spiro atoms. The zero-order valence-electron chi connectivity index (χ0n) is 14.3. The molecule has 4 nitrogen and oxygen atoms in total. The third kappa shape index (κ3) is 6.00. The van der Waals surface area contributed by atoms with Crippen molar-refractivity contribution in [2.45, 2.75) is 19.8 Å². The fourth-order valence-corrected chi connectivity index (χ4v) is 2.76. The van der Waals surface area contributed by atoms with Gasteiger partial charge in [0.1, 0.15) is 5.82 Å². The monoisotopic (exact) mass is 396 g/mol. The van der Waals surface area contributed by atoms with Crippen molar-refractivity contribution < 1.29 is 14.0 Å².